The van der Waals surface area contributed by atoms with Crippen molar-refractivity contribution in [2.45, 2.75) is 74.3 Å². The van der Waals surface area contributed by atoms with Crippen molar-refractivity contribution >= 4 is 39.2 Å². The first-order valence-corrected chi connectivity index (χ1v) is 14.0. The lowest BCUT2D eigenvalue weighted by Crippen LogP contribution is -2.43. The molecule has 3 aliphatic rings. The largest absolute Gasteiger partial charge is 0.342 e. The van der Waals surface area contributed by atoms with Crippen LogP contribution in [0.4, 0.5) is 10.5 Å². The minimum Gasteiger partial charge on any atom is -0.342 e. The Bertz CT molecular complexity index is 1250. The van der Waals surface area contributed by atoms with E-state index in [0.29, 0.717) is 11.6 Å². The predicted molar refractivity (Wildman–Crippen MR) is 135 cm³/mol. The van der Waals surface area contributed by atoms with E-state index in [-0.39, 0.29) is 28.1 Å². The third-order valence-corrected chi connectivity index (χ3v) is 9.67. The molecule has 0 atom stereocenters. The lowest BCUT2D eigenvalue weighted by Gasteiger charge is -2.31. The van der Waals surface area contributed by atoms with Crippen LogP contribution in [-0.2, 0) is 26.8 Å². The fourth-order valence-corrected chi connectivity index (χ4v) is 7.10. The van der Waals surface area contributed by atoms with Crippen molar-refractivity contribution in [1.29, 1.82) is 0 Å². The molecule has 0 unspecified atom stereocenters. The van der Waals surface area contributed by atoms with Crippen LogP contribution in [0, 0.1) is 0 Å². The molecule has 2 fully saturated rings. The van der Waals surface area contributed by atoms with Crippen molar-refractivity contribution in [3.8, 4) is 0 Å². The number of carbonyl (C=O) groups is 2. The highest BCUT2D eigenvalue weighted by Gasteiger charge is 2.53. The van der Waals surface area contributed by atoms with Gasteiger partial charge in [-0.15, -0.1) is 0 Å². The molecule has 0 saturated heterocycles. The fraction of sp³-hybridized carbons (Fsp3) is 0.462. The Morgan fingerprint density at radius 2 is 1.74 bits per heavy atom. The summed E-state index contributed by atoms with van der Waals surface area (Å²) in [6, 6.07) is 11.4. The Hall–Kier alpha value is -2.58. The van der Waals surface area contributed by atoms with Crippen LogP contribution in [0.25, 0.3) is 0 Å². The summed E-state index contributed by atoms with van der Waals surface area (Å²) in [7, 11) is -2.10. The van der Waals surface area contributed by atoms with Crippen LogP contribution in [0.15, 0.2) is 47.4 Å². The Labute approximate surface area is 211 Å². The lowest BCUT2D eigenvalue weighted by atomic mass is 9.92. The number of amides is 3. The molecule has 1 N–H and O–H groups in total. The monoisotopic (exact) mass is 515 g/mol. The third kappa shape index (κ3) is 4.42. The van der Waals surface area contributed by atoms with Crippen molar-refractivity contribution in [2.75, 3.05) is 12.4 Å². The topological polar surface area (TPSA) is 86.8 Å². The number of anilines is 1. The van der Waals surface area contributed by atoms with Gasteiger partial charge in [-0.05, 0) is 55.0 Å². The summed E-state index contributed by atoms with van der Waals surface area (Å²) in [6.07, 6.45) is 8.62. The molecule has 186 valence electrons. The molecule has 35 heavy (non-hydrogen) atoms. The molecular weight excluding hydrogens is 486 g/mol. The molecule has 7 nitrogen and oxygen atoms in total. The number of rotatable bonds is 5. The summed E-state index contributed by atoms with van der Waals surface area (Å²) in [6.45, 7) is -0.108. The Balaban J connectivity index is 1.33. The molecule has 0 aromatic heterocycles. The van der Waals surface area contributed by atoms with Crippen molar-refractivity contribution < 1.29 is 18.0 Å². The molecule has 5 rings (SSSR count). The van der Waals surface area contributed by atoms with Gasteiger partial charge in [-0.1, -0.05) is 61.5 Å². The average Bonchev–Trinajstić information content (AvgIpc) is 3.67. The van der Waals surface area contributed by atoms with Crippen molar-refractivity contribution in [2.24, 2.45) is 0 Å². The molecule has 2 saturated carbocycles. The number of hydrogen-bond donors (Lipinski definition) is 1. The maximum atomic E-state index is 13.5. The number of hydrogen-bond acceptors (Lipinski definition) is 4. The van der Waals surface area contributed by atoms with Gasteiger partial charge in [0.15, 0.2) is 0 Å². The summed E-state index contributed by atoms with van der Waals surface area (Å²) >= 11 is 5.99. The zero-order chi connectivity index (χ0) is 24.8. The van der Waals surface area contributed by atoms with Crippen LogP contribution in [-0.4, -0.2) is 42.7 Å². The van der Waals surface area contributed by atoms with E-state index < -0.39 is 21.5 Å². The van der Waals surface area contributed by atoms with E-state index in [4.69, 9.17) is 11.6 Å². The zero-order valence-electron chi connectivity index (χ0n) is 19.8. The summed E-state index contributed by atoms with van der Waals surface area (Å²) < 4.78 is 27.0. The molecule has 2 aliphatic carbocycles. The average molecular weight is 516 g/mol. The smallest absolute Gasteiger partial charge is 0.336 e. The van der Waals surface area contributed by atoms with Gasteiger partial charge in [0.25, 0.3) is 10.0 Å². The summed E-state index contributed by atoms with van der Waals surface area (Å²) in [4.78, 5) is 28.0. The molecule has 9 heteroatoms. The fourth-order valence-electron chi connectivity index (χ4n) is 5.37. The van der Waals surface area contributed by atoms with Gasteiger partial charge >= 0.3 is 6.03 Å². The number of urea groups is 1. The molecule has 0 radical (unpaired) electrons. The normalized spacial score (nSPS) is 21.0. The quantitative estimate of drug-likeness (QED) is 0.548. The van der Waals surface area contributed by atoms with Crippen LogP contribution in [0.5, 0.6) is 0 Å². The highest BCUT2D eigenvalue weighted by molar-refractivity contribution is 7.90. The standard InChI is InChI=1S/C26H30ClN3O4S/c1-29(21-6-4-2-3-5-7-21)24(31)26(14-15-26)19-10-8-18(9-11-19)17-30-25(32)28-22-13-12-20(27)16-23(22)35(30,33)34/h8-13,16,21H,2-7,14-15,17H2,1H3,(H,28,32). The molecule has 2 aromatic rings. The number of likely N-dealkylation sites (N-methyl/N-ethyl adjacent to an activating group) is 1. The van der Waals surface area contributed by atoms with E-state index in [1.807, 2.05) is 36.2 Å². The number of nitrogens with one attached hydrogen (secondary N) is 1. The van der Waals surface area contributed by atoms with Crippen LogP contribution < -0.4 is 5.32 Å². The van der Waals surface area contributed by atoms with Gasteiger partial charge < -0.3 is 10.2 Å². The van der Waals surface area contributed by atoms with Crippen LogP contribution in [0.1, 0.15) is 62.5 Å². The molecule has 3 amide bonds. The Morgan fingerprint density at radius 1 is 1.09 bits per heavy atom. The Morgan fingerprint density at radius 3 is 2.37 bits per heavy atom. The number of halogens is 1. The van der Waals surface area contributed by atoms with Gasteiger partial charge in [0.1, 0.15) is 4.90 Å². The first-order chi connectivity index (χ1) is 16.7. The Kier molecular flexibility index (Phi) is 6.30. The van der Waals surface area contributed by atoms with Gasteiger partial charge in [-0.25, -0.2) is 17.5 Å². The van der Waals surface area contributed by atoms with Crippen LogP contribution >= 0.6 is 11.6 Å². The SMILES string of the molecule is CN(C(=O)C1(c2ccc(CN3C(=O)Nc4ccc(Cl)cc4S3(=O)=O)cc2)CC1)C1CCCCCC1. The van der Waals surface area contributed by atoms with Crippen molar-refractivity contribution in [3.63, 3.8) is 0 Å². The van der Waals surface area contributed by atoms with Gasteiger partial charge in [0.2, 0.25) is 5.91 Å². The minimum absolute atomic E-state index is 0.0229. The summed E-state index contributed by atoms with van der Waals surface area (Å²) in [5.41, 5.74) is 1.36. The number of benzene rings is 2. The molecule has 1 aliphatic heterocycles. The number of sulfonamides is 1. The lowest BCUT2D eigenvalue weighted by molar-refractivity contribution is -0.135. The number of fused-ring (bicyclic) bond motifs is 1. The zero-order valence-corrected chi connectivity index (χ0v) is 21.4. The summed E-state index contributed by atoms with van der Waals surface area (Å²) in [5.74, 6) is 0.184. The van der Waals surface area contributed by atoms with E-state index in [1.54, 1.807) is 0 Å². The predicted octanol–water partition coefficient (Wildman–Crippen LogP) is 5.29. The second-order valence-corrected chi connectivity index (χ2v) is 12.2. The summed E-state index contributed by atoms with van der Waals surface area (Å²) in [5, 5.41) is 2.90. The van der Waals surface area contributed by atoms with Crippen LogP contribution in [0.2, 0.25) is 5.02 Å². The first kappa shape index (κ1) is 24.1. The first-order valence-electron chi connectivity index (χ1n) is 12.2. The molecule has 0 bridgehead atoms. The van der Waals surface area contributed by atoms with E-state index in [9.17, 15) is 18.0 Å². The maximum Gasteiger partial charge on any atom is 0.336 e. The van der Waals surface area contributed by atoms with E-state index in [0.717, 1.165) is 35.6 Å². The van der Waals surface area contributed by atoms with E-state index in [1.165, 1.54) is 43.9 Å². The van der Waals surface area contributed by atoms with E-state index >= 15 is 0 Å². The second kappa shape index (κ2) is 9.13. The third-order valence-electron chi connectivity index (χ3n) is 7.66. The minimum atomic E-state index is -4.04. The van der Waals surface area contributed by atoms with Gasteiger partial charge in [-0.3, -0.25) is 4.79 Å². The maximum absolute atomic E-state index is 13.5. The van der Waals surface area contributed by atoms with Gasteiger partial charge in [0, 0.05) is 18.1 Å². The second-order valence-electron chi connectivity index (χ2n) is 9.92. The van der Waals surface area contributed by atoms with Gasteiger partial charge in [-0.2, -0.15) is 0 Å². The number of carbonyl (C=O) groups excluding carboxylic acids is 2. The van der Waals surface area contributed by atoms with E-state index in [2.05, 4.69) is 5.32 Å². The highest BCUT2D eigenvalue weighted by atomic mass is 35.5. The molecule has 0 spiro atoms. The van der Waals surface area contributed by atoms with Crippen LogP contribution in [0.3, 0.4) is 0 Å². The molecule has 2 aromatic carbocycles. The van der Waals surface area contributed by atoms with Crippen molar-refractivity contribution in [3.05, 3.63) is 58.6 Å². The van der Waals surface area contributed by atoms with Gasteiger partial charge in [0.05, 0.1) is 17.6 Å². The number of nitrogens with zero attached hydrogens (tertiary/aromatic N) is 2. The van der Waals surface area contributed by atoms with Crippen molar-refractivity contribution in [1.82, 2.24) is 9.21 Å². The molecular formula is C26H30ClN3O4S. The molecule has 1 heterocycles. The highest BCUT2D eigenvalue weighted by Crippen LogP contribution is 2.50.